The number of anilines is 3. The van der Waals surface area contributed by atoms with Crippen molar-refractivity contribution in [2.75, 3.05) is 66.5 Å². The molecule has 0 saturated carbocycles. The number of sulfonamides is 1. The molecule has 4 aromatic carbocycles. The second-order valence-corrected chi connectivity index (χ2v) is 23.8. The lowest BCUT2D eigenvalue weighted by molar-refractivity contribution is -0.0436. The number of carboxylic acids is 1. The van der Waals surface area contributed by atoms with Gasteiger partial charge in [-0.05, 0) is 130 Å². The van der Waals surface area contributed by atoms with Crippen molar-refractivity contribution in [3.8, 4) is 11.3 Å². The molecule has 2 fully saturated rings. The minimum Gasteiger partial charge on any atom is -0.478 e. The lowest BCUT2D eigenvalue weighted by Gasteiger charge is -2.39. The van der Waals surface area contributed by atoms with Gasteiger partial charge in [0.1, 0.15) is 4.90 Å². The number of hydrogen-bond donors (Lipinski definition) is 4. The van der Waals surface area contributed by atoms with Crippen LogP contribution in [0.3, 0.4) is 0 Å². The second kappa shape index (κ2) is 21.6. The van der Waals surface area contributed by atoms with Gasteiger partial charge in [0, 0.05) is 103 Å². The summed E-state index contributed by atoms with van der Waals surface area (Å²) < 4.78 is 101. The number of allylic oxidation sites excluding steroid dienone is 4. The van der Waals surface area contributed by atoms with Gasteiger partial charge in [-0.1, -0.05) is 48.0 Å². The molecule has 2 aliphatic heterocycles. The van der Waals surface area contributed by atoms with E-state index in [2.05, 4.69) is 36.9 Å². The number of piperidine rings is 1. The first-order valence-electron chi connectivity index (χ1n) is 23.7. The highest BCUT2D eigenvalue weighted by molar-refractivity contribution is 7.99. The molecule has 3 aliphatic rings. The van der Waals surface area contributed by atoms with Crippen molar-refractivity contribution in [1.29, 1.82) is 0 Å². The van der Waals surface area contributed by atoms with Crippen LogP contribution in [0.1, 0.15) is 60.6 Å². The number of aromatic nitrogens is 1. The van der Waals surface area contributed by atoms with E-state index in [0.717, 1.165) is 58.1 Å². The number of sulfone groups is 1. The molecule has 0 amide bonds. The third kappa shape index (κ3) is 12.0. The van der Waals surface area contributed by atoms with Gasteiger partial charge in [-0.3, -0.25) is 4.72 Å². The summed E-state index contributed by atoms with van der Waals surface area (Å²) in [4.78, 5) is 18.3. The minimum absolute atomic E-state index is 0.124. The number of carboxylic acid groups (broad SMARTS) is 1. The van der Waals surface area contributed by atoms with Gasteiger partial charge in [-0.2, -0.15) is 13.2 Å². The monoisotopic (exact) mass is 1070 g/mol. The molecule has 0 spiro atoms. The fourth-order valence-corrected chi connectivity index (χ4v) is 12.7. The van der Waals surface area contributed by atoms with E-state index >= 15 is 0 Å². The van der Waals surface area contributed by atoms with E-state index in [4.69, 9.17) is 11.6 Å². The van der Waals surface area contributed by atoms with E-state index < -0.39 is 52.8 Å². The highest BCUT2D eigenvalue weighted by Crippen LogP contribution is 2.41. The zero-order valence-electron chi connectivity index (χ0n) is 40.1. The summed E-state index contributed by atoms with van der Waals surface area (Å²) >= 11 is 7.65. The summed E-state index contributed by atoms with van der Waals surface area (Å²) in [6.45, 7) is 7.97. The number of carbonyl (C=O) groups is 1. The van der Waals surface area contributed by atoms with E-state index in [1.165, 1.54) is 11.8 Å². The molecular weight excluding hydrogens is 1010 g/mol. The predicted molar refractivity (Wildman–Crippen MR) is 279 cm³/mol. The number of likely N-dealkylation sites (tertiary alicyclic amines) is 1. The van der Waals surface area contributed by atoms with Crippen molar-refractivity contribution in [2.24, 2.45) is 7.05 Å². The summed E-state index contributed by atoms with van der Waals surface area (Å²) in [7, 11) is -8.75. The smallest absolute Gasteiger partial charge is 0.478 e. The van der Waals surface area contributed by atoms with Crippen LogP contribution in [0.4, 0.5) is 30.2 Å². The summed E-state index contributed by atoms with van der Waals surface area (Å²) in [6.07, 6.45) is 7.23. The molecule has 1 aliphatic carbocycles. The zero-order chi connectivity index (χ0) is 51.6. The Kier molecular flexibility index (Phi) is 15.8. The van der Waals surface area contributed by atoms with E-state index in [-0.39, 0.29) is 16.9 Å². The average Bonchev–Trinajstić information content (AvgIpc) is 3.62. The fourth-order valence-electron chi connectivity index (χ4n) is 9.47. The highest BCUT2D eigenvalue weighted by Gasteiger charge is 2.48. The number of aromatic carboxylic acids is 1. The molecule has 2 saturated heterocycles. The van der Waals surface area contributed by atoms with Crippen LogP contribution >= 0.6 is 23.4 Å². The summed E-state index contributed by atoms with van der Waals surface area (Å²) in [6, 6.07) is 25.5. The quantitative estimate of drug-likeness (QED) is 0.0653. The van der Waals surface area contributed by atoms with E-state index in [9.17, 15) is 45.0 Å². The molecule has 13 nitrogen and oxygen atoms in total. The van der Waals surface area contributed by atoms with Crippen molar-refractivity contribution in [3.05, 3.63) is 137 Å². The number of halogens is 4. The van der Waals surface area contributed by atoms with E-state index in [1.807, 2.05) is 54.1 Å². The van der Waals surface area contributed by atoms with Crippen LogP contribution in [0.25, 0.3) is 16.8 Å². The molecule has 0 radical (unpaired) electrons. The summed E-state index contributed by atoms with van der Waals surface area (Å²) in [5, 5.41) is 24.4. The Bertz CT molecular complexity index is 3060. The van der Waals surface area contributed by atoms with Crippen LogP contribution < -0.4 is 14.9 Å². The number of alkyl halides is 3. The number of nitrogens with zero attached hydrogens (tertiary/aromatic N) is 4. The minimum atomic E-state index is -6.03. The number of benzene rings is 4. The van der Waals surface area contributed by atoms with Gasteiger partial charge in [-0.25, -0.2) is 21.6 Å². The van der Waals surface area contributed by atoms with Gasteiger partial charge < -0.3 is 34.8 Å². The van der Waals surface area contributed by atoms with E-state index in [1.54, 1.807) is 50.2 Å². The van der Waals surface area contributed by atoms with Gasteiger partial charge in [0.2, 0.25) is 0 Å². The third-order valence-corrected chi connectivity index (χ3v) is 18.0. The molecule has 1 aromatic heterocycles. The van der Waals surface area contributed by atoms with Gasteiger partial charge in [0.25, 0.3) is 19.9 Å². The first-order chi connectivity index (χ1) is 34.1. The predicted octanol–water partition coefficient (Wildman–Crippen LogP) is 10.1. The number of rotatable bonds is 17. The molecule has 8 rings (SSSR count). The topological polar surface area (TPSA) is 165 Å². The van der Waals surface area contributed by atoms with Gasteiger partial charge in [0.15, 0.2) is 0 Å². The first-order valence-corrected chi connectivity index (χ1v) is 28.0. The van der Waals surface area contributed by atoms with E-state index in [0.29, 0.717) is 93.2 Å². The third-order valence-electron chi connectivity index (χ3n) is 13.7. The molecule has 1 atom stereocenters. The molecule has 5 aromatic rings. The maximum atomic E-state index is 14.3. The van der Waals surface area contributed by atoms with Crippen molar-refractivity contribution < 1.29 is 45.0 Å². The Labute approximate surface area is 428 Å². The normalized spacial score (nSPS) is 17.3. The number of hydrogen-bond acceptors (Lipinski definition) is 11. The van der Waals surface area contributed by atoms with Crippen molar-refractivity contribution in [3.63, 3.8) is 0 Å². The zero-order valence-corrected chi connectivity index (χ0v) is 43.3. The molecular formula is C52H58ClF3N6O7S3. The van der Waals surface area contributed by atoms with Gasteiger partial charge >= 0.3 is 11.5 Å². The van der Waals surface area contributed by atoms with Crippen LogP contribution in [-0.2, 0) is 26.9 Å². The molecule has 20 heteroatoms. The van der Waals surface area contributed by atoms with Crippen LogP contribution in [0.2, 0.25) is 5.02 Å². The summed E-state index contributed by atoms with van der Waals surface area (Å²) in [5.74, 6) is -0.640. The Morgan fingerprint density at radius 3 is 2.18 bits per heavy atom. The SMILES string of the molecule is Cc1c(C(=O)O)c(C2=CCCC(N3CCN(c4ccc(NS(=O)(=O)c5ccc(N[C@H](CCN6CCC(C)(O)CC6)CSc6ccccc6)c(S(=O)(=O)C(F)(F)F)c5)cc4)CC3)=C2)c(-c2ccc(Cl)cc2)n1C. The van der Waals surface area contributed by atoms with Gasteiger partial charge in [-0.15, -0.1) is 11.8 Å². The number of piperazine rings is 1. The Hall–Kier alpha value is -5.44. The number of thioether (sulfide) groups is 1. The Morgan fingerprint density at radius 2 is 1.54 bits per heavy atom. The highest BCUT2D eigenvalue weighted by atomic mass is 35.5. The maximum Gasteiger partial charge on any atom is 0.501 e. The Balaban J connectivity index is 0.953. The summed E-state index contributed by atoms with van der Waals surface area (Å²) in [5.41, 5.74) is -0.792. The largest absolute Gasteiger partial charge is 0.501 e. The second-order valence-electron chi connectivity index (χ2n) is 18.7. The van der Waals surface area contributed by atoms with Crippen LogP contribution in [0.5, 0.6) is 0 Å². The van der Waals surface area contributed by atoms with Crippen molar-refractivity contribution >= 4 is 71.8 Å². The molecule has 384 valence electrons. The average molecular weight is 1070 g/mol. The van der Waals surface area contributed by atoms with Gasteiger partial charge in [0.05, 0.1) is 27.4 Å². The van der Waals surface area contributed by atoms with Crippen LogP contribution in [0.15, 0.2) is 130 Å². The molecule has 4 N–H and O–H groups in total. The molecule has 0 unspecified atom stereocenters. The maximum absolute atomic E-state index is 14.3. The molecule has 72 heavy (non-hydrogen) atoms. The number of nitrogens with one attached hydrogen (secondary N) is 2. The first kappa shape index (κ1) is 52.9. The molecule has 3 heterocycles. The lowest BCUT2D eigenvalue weighted by atomic mass is 9.91. The Morgan fingerprint density at radius 1 is 0.889 bits per heavy atom. The van der Waals surface area contributed by atoms with Crippen LogP contribution in [-0.4, -0.2) is 116 Å². The van der Waals surface area contributed by atoms with Crippen molar-refractivity contribution in [2.45, 2.75) is 77.8 Å². The fraction of sp³-hybridized carbons (Fsp3) is 0.365. The standard InChI is InChI=1S/C52H58ClF3N6O7S3/c1-35-47(50(63)64)48(49(59(35)3)36-12-14-38(53)15-13-36)37-8-7-9-42(32-37)62-30-28-61(29-31-62)41-18-16-39(17-19-41)58-72(68,69)44-20-21-45(46(33-44)71(66,67)52(54,55)56)57-40(34-70-43-10-5-4-6-11-43)22-25-60-26-23-51(2,65)24-27-60/h4-6,8,10-21,32-33,40,57-58,65H,7,9,22-31,34H2,1-3H3,(H,63,64)/t40-/m1/s1. The molecule has 0 bridgehead atoms. The number of aliphatic hydroxyl groups is 1. The van der Waals surface area contributed by atoms with Crippen molar-refractivity contribution in [1.82, 2.24) is 14.4 Å². The lowest BCUT2D eigenvalue weighted by Crippen LogP contribution is -2.46. The van der Waals surface area contributed by atoms with Crippen LogP contribution in [0, 0.1) is 6.92 Å².